The van der Waals surface area contributed by atoms with E-state index in [-0.39, 0.29) is 6.03 Å². The van der Waals surface area contributed by atoms with Crippen LogP contribution in [-0.2, 0) is 13.0 Å². The Balaban J connectivity index is 1.40. The first-order chi connectivity index (χ1) is 9.33. The molecule has 0 bridgehead atoms. The zero-order valence-electron chi connectivity index (χ0n) is 11.2. The fourth-order valence-electron chi connectivity index (χ4n) is 2.85. The van der Waals surface area contributed by atoms with Crippen molar-refractivity contribution in [1.29, 1.82) is 0 Å². The maximum atomic E-state index is 11.8. The molecule has 0 saturated carbocycles. The number of nitrogens with one attached hydrogen (secondary N) is 1. The van der Waals surface area contributed by atoms with Crippen LogP contribution in [0.4, 0.5) is 4.79 Å². The van der Waals surface area contributed by atoms with Crippen LogP contribution in [0.15, 0.2) is 11.4 Å². The van der Waals surface area contributed by atoms with Gasteiger partial charge in [0.15, 0.2) is 0 Å². The molecular formula is C14H21N3OS. The average Bonchev–Trinajstić information content (AvgIpc) is 3.09. The third-order valence-corrected chi connectivity index (χ3v) is 5.01. The van der Waals surface area contributed by atoms with E-state index in [1.807, 2.05) is 16.2 Å². The van der Waals surface area contributed by atoms with Crippen LogP contribution in [-0.4, -0.2) is 48.6 Å². The zero-order valence-corrected chi connectivity index (χ0v) is 12.0. The summed E-state index contributed by atoms with van der Waals surface area (Å²) in [5, 5.41) is 5.22. The first kappa shape index (κ1) is 12.9. The zero-order chi connectivity index (χ0) is 13.1. The topological polar surface area (TPSA) is 35.6 Å². The molecule has 5 heteroatoms. The van der Waals surface area contributed by atoms with Crippen LogP contribution in [0.25, 0.3) is 0 Å². The maximum Gasteiger partial charge on any atom is 0.317 e. The number of thiophene rings is 1. The van der Waals surface area contributed by atoms with E-state index in [2.05, 4.69) is 21.7 Å². The van der Waals surface area contributed by atoms with Crippen LogP contribution < -0.4 is 5.32 Å². The van der Waals surface area contributed by atoms with Gasteiger partial charge >= 0.3 is 6.03 Å². The molecule has 0 spiro atoms. The average molecular weight is 279 g/mol. The highest BCUT2D eigenvalue weighted by atomic mass is 32.1. The van der Waals surface area contributed by atoms with Crippen molar-refractivity contribution in [2.24, 2.45) is 0 Å². The molecule has 0 aromatic carbocycles. The van der Waals surface area contributed by atoms with Crippen molar-refractivity contribution in [2.45, 2.75) is 25.8 Å². The molecular weight excluding hydrogens is 258 g/mol. The Morgan fingerprint density at radius 2 is 2.16 bits per heavy atom. The molecule has 3 heterocycles. The largest absolute Gasteiger partial charge is 0.337 e. The van der Waals surface area contributed by atoms with Crippen molar-refractivity contribution in [3.05, 3.63) is 21.9 Å². The lowest BCUT2D eigenvalue weighted by atomic mass is 10.1. The molecule has 0 atom stereocenters. The molecule has 2 amide bonds. The number of rotatable bonds is 3. The van der Waals surface area contributed by atoms with Crippen LogP contribution in [0.2, 0.25) is 0 Å². The quantitative estimate of drug-likeness (QED) is 0.917. The number of amides is 2. The van der Waals surface area contributed by atoms with E-state index in [1.54, 1.807) is 0 Å². The van der Waals surface area contributed by atoms with Gasteiger partial charge in [-0.25, -0.2) is 4.79 Å². The number of likely N-dealkylation sites (tertiary alicyclic amines) is 1. The summed E-state index contributed by atoms with van der Waals surface area (Å²) in [5.74, 6) is 0. The SMILES string of the molecule is O=C(NCCN1CCc2sccc2C1)N1CCCC1. The van der Waals surface area contributed by atoms with Gasteiger partial charge in [-0.3, -0.25) is 4.90 Å². The number of fused-ring (bicyclic) bond motifs is 1. The second-order valence-electron chi connectivity index (χ2n) is 5.32. The lowest BCUT2D eigenvalue weighted by Gasteiger charge is -2.27. The van der Waals surface area contributed by atoms with Crippen LogP contribution in [0.3, 0.4) is 0 Å². The third kappa shape index (κ3) is 3.09. The molecule has 2 aliphatic heterocycles. The Morgan fingerprint density at radius 1 is 1.32 bits per heavy atom. The van der Waals surface area contributed by atoms with Gasteiger partial charge in [0.1, 0.15) is 0 Å². The Morgan fingerprint density at radius 3 is 3.00 bits per heavy atom. The molecule has 4 nitrogen and oxygen atoms in total. The second kappa shape index (κ2) is 5.92. The minimum absolute atomic E-state index is 0.116. The van der Waals surface area contributed by atoms with Gasteiger partial charge in [-0.2, -0.15) is 0 Å². The van der Waals surface area contributed by atoms with E-state index in [9.17, 15) is 4.79 Å². The second-order valence-corrected chi connectivity index (χ2v) is 6.32. The summed E-state index contributed by atoms with van der Waals surface area (Å²) in [4.78, 5) is 17.7. The monoisotopic (exact) mass is 279 g/mol. The standard InChI is InChI=1S/C14H21N3OS/c18-14(17-6-1-2-7-17)15-5-9-16-8-3-13-12(11-16)4-10-19-13/h4,10H,1-3,5-9,11H2,(H,15,18). The predicted molar refractivity (Wildman–Crippen MR) is 77.5 cm³/mol. The van der Waals surface area contributed by atoms with Gasteiger partial charge in [-0.15, -0.1) is 11.3 Å². The summed E-state index contributed by atoms with van der Waals surface area (Å²) < 4.78 is 0. The summed E-state index contributed by atoms with van der Waals surface area (Å²) in [6.07, 6.45) is 3.47. The van der Waals surface area contributed by atoms with E-state index in [1.165, 1.54) is 10.4 Å². The highest BCUT2D eigenvalue weighted by Gasteiger charge is 2.19. The molecule has 1 fully saturated rings. The number of hydrogen-bond acceptors (Lipinski definition) is 3. The van der Waals surface area contributed by atoms with Gasteiger partial charge in [0.2, 0.25) is 0 Å². The van der Waals surface area contributed by atoms with E-state index in [0.29, 0.717) is 0 Å². The fourth-order valence-corrected chi connectivity index (χ4v) is 3.74. The van der Waals surface area contributed by atoms with Gasteiger partial charge in [0.25, 0.3) is 0 Å². The minimum atomic E-state index is 0.116. The van der Waals surface area contributed by atoms with Crippen molar-refractivity contribution in [3.8, 4) is 0 Å². The van der Waals surface area contributed by atoms with E-state index in [4.69, 9.17) is 0 Å². The van der Waals surface area contributed by atoms with Gasteiger partial charge < -0.3 is 10.2 Å². The van der Waals surface area contributed by atoms with Gasteiger partial charge in [-0.1, -0.05) is 0 Å². The van der Waals surface area contributed by atoms with Crippen LogP contribution in [0, 0.1) is 0 Å². The highest BCUT2D eigenvalue weighted by molar-refractivity contribution is 7.10. The van der Waals surface area contributed by atoms with Crippen molar-refractivity contribution in [3.63, 3.8) is 0 Å². The number of hydrogen-bond donors (Lipinski definition) is 1. The fraction of sp³-hybridized carbons (Fsp3) is 0.643. The number of carbonyl (C=O) groups excluding carboxylic acids is 1. The van der Waals surface area contributed by atoms with E-state index in [0.717, 1.165) is 58.5 Å². The van der Waals surface area contributed by atoms with E-state index < -0.39 is 0 Å². The summed E-state index contributed by atoms with van der Waals surface area (Å²) in [6, 6.07) is 2.35. The molecule has 2 aliphatic rings. The molecule has 19 heavy (non-hydrogen) atoms. The maximum absolute atomic E-state index is 11.8. The molecule has 1 saturated heterocycles. The molecule has 1 N–H and O–H groups in total. The lowest BCUT2D eigenvalue weighted by molar-refractivity contribution is 0.203. The number of urea groups is 1. The molecule has 0 radical (unpaired) electrons. The summed E-state index contributed by atoms with van der Waals surface area (Å²) in [7, 11) is 0. The molecule has 1 aromatic rings. The highest BCUT2D eigenvalue weighted by Crippen LogP contribution is 2.23. The number of nitrogens with zero attached hydrogens (tertiary/aromatic N) is 2. The van der Waals surface area contributed by atoms with Crippen LogP contribution >= 0.6 is 11.3 Å². The summed E-state index contributed by atoms with van der Waals surface area (Å²) >= 11 is 1.87. The van der Waals surface area contributed by atoms with Crippen molar-refractivity contribution in [2.75, 3.05) is 32.7 Å². The van der Waals surface area contributed by atoms with Crippen LogP contribution in [0.1, 0.15) is 23.3 Å². The minimum Gasteiger partial charge on any atom is -0.337 e. The smallest absolute Gasteiger partial charge is 0.317 e. The molecule has 0 aliphatic carbocycles. The Labute approximate surface area is 118 Å². The van der Waals surface area contributed by atoms with Gasteiger partial charge in [0.05, 0.1) is 0 Å². The normalized spacial score (nSPS) is 19.5. The van der Waals surface area contributed by atoms with E-state index >= 15 is 0 Å². The summed E-state index contributed by atoms with van der Waals surface area (Å²) in [6.45, 7) is 5.72. The van der Waals surface area contributed by atoms with Crippen molar-refractivity contribution >= 4 is 17.4 Å². The Bertz CT molecular complexity index is 440. The first-order valence-electron chi connectivity index (χ1n) is 7.13. The lowest BCUT2D eigenvalue weighted by Crippen LogP contribution is -2.42. The summed E-state index contributed by atoms with van der Waals surface area (Å²) in [5.41, 5.74) is 1.47. The third-order valence-electron chi connectivity index (χ3n) is 3.98. The first-order valence-corrected chi connectivity index (χ1v) is 8.01. The predicted octanol–water partition coefficient (Wildman–Crippen LogP) is 1.91. The molecule has 0 unspecified atom stereocenters. The van der Waals surface area contributed by atoms with Gasteiger partial charge in [0, 0.05) is 44.1 Å². The molecule has 1 aromatic heterocycles. The molecule has 3 rings (SSSR count). The van der Waals surface area contributed by atoms with Gasteiger partial charge in [-0.05, 0) is 36.3 Å². The van der Waals surface area contributed by atoms with Crippen molar-refractivity contribution < 1.29 is 4.79 Å². The Hall–Kier alpha value is -1.07. The Kier molecular flexibility index (Phi) is 4.03. The number of carbonyl (C=O) groups is 1. The molecule has 104 valence electrons. The van der Waals surface area contributed by atoms with Crippen LogP contribution in [0.5, 0.6) is 0 Å². The van der Waals surface area contributed by atoms with Crippen molar-refractivity contribution in [1.82, 2.24) is 15.1 Å².